The minimum absolute atomic E-state index is 0.207. The number of rotatable bonds is 4. The van der Waals surface area contributed by atoms with E-state index in [1.807, 2.05) is 29.0 Å². The van der Waals surface area contributed by atoms with Gasteiger partial charge in [0.15, 0.2) is 0 Å². The van der Waals surface area contributed by atoms with Crippen molar-refractivity contribution in [2.45, 2.75) is 19.4 Å². The maximum atomic E-state index is 12.0. The Bertz CT molecular complexity index is 415. The van der Waals surface area contributed by atoms with Crippen molar-refractivity contribution in [3.05, 3.63) is 23.9 Å². The number of amides is 1. The van der Waals surface area contributed by atoms with E-state index in [0.717, 1.165) is 31.6 Å². The van der Waals surface area contributed by atoms with Crippen molar-refractivity contribution in [1.82, 2.24) is 14.8 Å². The zero-order valence-corrected chi connectivity index (χ0v) is 10.8. The van der Waals surface area contributed by atoms with Crippen LogP contribution in [0, 0.1) is 0 Å². The van der Waals surface area contributed by atoms with Crippen LogP contribution < -0.4 is 5.73 Å². The molecule has 2 heterocycles. The topological polar surface area (TPSA) is 62.5 Å². The van der Waals surface area contributed by atoms with E-state index in [1.165, 1.54) is 0 Å². The van der Waals surface area contributed by atoms with Crippen LogP contribution in [0.3, 0.4) is 0 Å². The molecule has 5 nitrogen and oxygen atoms in total. The number of pyridine rings is 1. The number of carbonyl (C=O) groups excluding carboxylic acids is 1. The van der Waals surface area contributed by atoms with Gasteiger partial charge in [-0.2, -0.15) is 0 Å². The van der Waals surface area contributed by atoms with Gasteiger partial charge in [0, 0.05) is 19.6 Å². The van der Waals surface area contributed by atoms with E-state index in [-0.39, 0.29) is 5.91 Å². The molecule has 0 radical (unpaired) electrons. The number of likely N-dealkylation sites (N-methyl/N-ethyl adjacent to an activating group) is 1. The molecule has 5 heteroatoms. The van der Waals surface area contributed by atoms with Gasteiger partial charge in [0.1, 0.15) is 5.82 Å². The van der Waals surface area contributed by atoms with Gasteiger partial charge in [-0.3, -0.25) is 9.69 Å². The number of likely N-dealkylation sites (tertiary alicyclic amines) is 1. The number of nitrogen functional groups attached to an aromatic ring is 1. The lowest BCUT2D eigenvalue weighted by molar-refractivity contribution is -0.131. The molecule has 2 rings (SSSR count). The van der Waals surface area contributed by atoms with Crippen molar-refractivity contribution >= 4 is 11.7 Å². The van der Waals surface area contributed by atoms with Crippen molar-refractivity contribution in [2.75, 3.05) is 32.4 Å². The first-order chi connectivity index (χ1) is 8.65. The molecule has 0 aliphatic carbocycles. The number of aromatic nitrogens is 1. The highest BCUT2D eigenvalue weighted by atomic mass is 16.2. The van der Waals surface area contributed by atoms with Crippen LogP contribution in [0.25, 0.3) is 0 Å². The summed E-state index contributed by atoms with van der Waals surface area (Å²) in [6.45, 7) is 2.90. The van der Waals surface area contributed by atoms with E-state index in [4.69, 9.17) is 5.73 Å². The number of anilines is 1. The Balaban J connectivity index is 1.84. The fraction of sp³-hybridized carbons (Fsp3) is 0.538. The molecule has 0 bridgehead atoms. The van der Waals surface area contributed by atoms with E-state index in [2.05, 4.69) is 4.98 Å². The highest BCUT2D eigenvalue weighted by Gasteiger charge is 2.19. The number of nitrogens with two attached hydrogens (primary N) is 1. The summed E-state index contributed by atoms with van der Waals surface area (Å²) < 4.78 is 0. The van der Waals surface area contributed by atoms with Gasteiger partial charge < -0.3 is 10.6 Å². The molecule has 0 saturated carbocycles. The lowest BCUT2D eigenvalue weighted by atomic mass is 10.3. The summed E-state index contributed by atoms with van der Waals surface area (Å²) in [5.74, 6) is 0.727. The van der Waals surface area contributed by atoms with Gasteiger partial charge >= 0.3 is 0 Å². The summed E-state index contributed by atoms with van der Waals surface area (Å²) in [6, 6.07) is 5.57. The van der Waals surface area contributed by atoms with Crippen LogP contribution >= 0.6 is 0 Å². The first-order valence-electron chi connectivity index (χ1n) is 6.33. The van der Waals surface area contributed by atoms with Gasteiger partial charge in [0.05, 0.1) is 12.2 Å². The number of nitrogens with zero attached hydrogens (tertiary/aromatic N) is 3. The maximum absolute atomic E-state index is 12.0. The van der Waals surface area contributed by atoms with Gasteiger partial charge in [0.2, 0.25) is 5.91 Å². The van der Waals surface area contributed by atoms with Crippen molar-refractivity contribution in [2.24, 2.45) is 0 Å². The molecule has 98 valence electrons. The minimum Gasteiger partial charge on any atom is -0.384 e. The quantitative estimate of drug-likeness (QED) is 0.852. The van der Waals surface area contributed by atoms with Gasteiger partial charge in [-0.15, -0.1) is 0 Å². The van der Waals surface area contributed by atoms with E-state index in [1.54, 1.807) is 6.07 Å². The zero-order valence-electron chi connectivity index (χ0n) is 10.8. The third-order valence-corrected chi connectivity index (χ3v) is 3.12. The molecule has 1 fully saturated rings. The smallest absolute Gasteiger partial charge is 0.236 e. The van der Waals surface area contributed by atoms with Gasteiger partial charge in [-0.05, 0) is 32.0 Å². The highest BCUT2D eigenvalue weighted by molar-refractivity contribution is 5.78. The van der Waals surface area contributed by atoms with Gasteiger partial charge in [-0.25, -0.2) is 4.98 Å². The Kier molecular flexibility index (Phi) is 4.15. The van der Waals surface area contributed by atoms with Gasteiger partial charge in [0.25, 0.3) is 0 Å². The van der Waals surface area contributed by atoms with Gasteiger partial charge in [-0.1, -0.05) is 6.07 Å². The molecule has 1 aromatic heterocycles. The lowest BCUT2D eigenvalue weighted by Gasteiger charge is -2.20. The molecular weight excluding hydrogens is 228 g/mol. The second kappa shape index (κ2) is 5.82. The standard InChI is InChI=1S/C13H20N4O/c1-16(9-11-5-4-6-12(14)15-11)10-13(18)17-7-2-3-8-17/h4-6H,2-3,7-10H2,1H3,(H2,14,15). The van der Waals surface area contributed by atoms with E-state index in [0.29, 0.717) is 18.9 Å². The van der Waals surface area contributed by atoms with Crippen LogP contribution in [0.4, 0.5) is 5.82 Å². The normalized spacial score (nSPS) is 15.3. The predicted molar refractivity (Wildman–Crippen MR) is 70.8 cm³/mol. The molecule has 0 aromatic carbocycles. The zero-order chi connectivity index (χ0) is 13.0. The molecular formula is C13H20N4O. The first-order valence-corrected chi connectivity index (χ1v) is 6.33. The molecule has 0 unspecified atom stereocenters. The molecule has 1 aliphatic rings. The molecule has 2 N–H and O–H groups in total. The summed E-state index contributed by atoms with van der Waals surface area (Å²) in [7, 11) is 1.93. The molecule has 0 spiro atoms. The average molecular weight is 248 g/mol. The monoisotopic (exact) mass is 248 g/mol. The first kappa shape index (κ1) is 12.8. The second-order valence-electron chi connectivity index (χ2n) is 4.81. The molecule has 18 heavy (non-hydrogen) atoms. The predicted octanol–water partition coefficient (Wildman–Crippen LogP) is 0.718. The Labute approximate surface area is 108 Å². The number of hydrogen-bond donors (Lipinski definition) is 1. The minimum atomic E-state index is 0.207. The van der Waals surface area contributed by atoms with Crippen LogP contribution in [0.1, 0.15) is 18.5 Å². The van der Waals surface area contributed by atoms with Crippen molar-refractivity contribution in [1.29, 1.82) is 0 Å². The van der Waals surface area contributed by atoms with E-state index >= 15 is 0 Å². The Morgan fingerprint density at radius 3 is 2.83 bits per heavy atom. The Morgan fingerprint density at radius 2 is 2.17 bits per heavy atom. The third-order valence-electron chi connectivity index (χ3n) is 3.12. The van der Waals surface area contributed by atoms with Crippen LogP contribution in [0.15, 0.2) is 18.2 Å². The molecule has 0 atom stereocenters. The van der Waals surface area contributed by atoms with Crippen LogP contribution in [0.2, 0.25) is 0 Å². The Hall–Kier alpha value is -1.62. The summed E-state index contributed by atoms with van der Waals surface area (Å²) >= 11 is 0. The SMILES string of the molecule is CN(CC(=O)N1CCCC1)Cc1cccc(N)n1. The van der Waals surface area contributed by atoms with E-state index < -0.39 is 0 Å². The van der Waals surface area contributed by atoms with Crippen molar-refractivity contribution in [3.63, 3.8) is 0 Å². The largest absolute Gasteiger partial charge is 0.384 e. The maximum Gasteiger partial charge on any atom is 0.236 e. The Morgan fingerprint density at radius 1 is 1.44 bits per heavy atom. The van der Waals surface area contributed by atoms with Crippen LogP contribution in [-0.4, -0.2) is 47.4 Å². The fourth-order valence-corrected chi connectivity index (χ4v) is 2.22. The third kappa shape index (κ3) is 3.43. The molecule has 1 saturated heterocycles. The fourth-order valence-electron chi connectivity index (χ4n) is 2.22. The lowest BCUT2D eigenvalue weighted by Crippen LogP contribution is -2.37. The van der Waals surface area contributed by atoms with Crippen molar-refractivity contribution in [3.8, 4) is 0 Å². The summed E-state index contributed by atoms with van der Waals surface area (Å²) in [6.07, 6.45) is 2.26. The van der Waals surface area contributed by atoms with Crippen LogP contribution in [0.5, 0.6) is 0 Å². The molecule has 1 amide bonds. The summed E-state index contributed by atoms with van der Waals surface area (Å²) in [5.41, 5.74) is 6.53. The van der Waals surface area contributed by atoms with Crippen molar-refractivity contribution < 1.29 is 4.79 Å². The number of hydrogen-bond acceptors (Lipinski definition) is 4. The summed E-state index contributed by atoms with van der Waals surface area (Å²) in [4.78, 5) is 20.1. The molecule has 1 aliphatic heterocycles. The second-order valence-corrected chi connectivity index (χ2v) is 4.81. The summed E-state index contributed by atoms with van der Waals surface area (Å²) in [5, 5.41) is 0. The molecule has 1 aromatic rings. The van der Waals surface area contributed by atoms with Crippen LogP contribution in [-0.2, 0) is 11.3 Å². The van der Waals surface area contributed by atoms with E-state index in [9.17, 15) is 4.79 Å². The average Bonchev–Trinajstić information content (AvgIpc) is 2.81. The highest BCUT2D eigenvalue weighted by Crippen LogP contribution is 2.09. The number of carbonyl (C=O) groups is 1.